The van der Waals surface area contributed by atoms with Crippen LogP contribution in [0.15, 0.2) is 36.5 Å². The van der Waals surface area contributed by atoms with Crippen LogP contribution < -0.4 is 10.6 Å². The Balaban J connectivity index is 1.22. The van der Waals surface area contributed by atoms with E-state index in [0.29, 0.717) is 36.4 Å². The van der Waals surface area contributed by atoms with Crippen LogP contribution >= 0.6 is 0 Å². The highest BCUT2D eigenvalue weighted by molar-refractivity contribution is 6.01. The number of hydrogen-bond donors (Lipinski definition) is 3. The number of aromatic amines is 1. The van der Waals surface area contributed by atoms with E-state index in [1.165, 1.54) is 0 Å². The second kappa shape index (κ2) is 9.78. The molecule has 9 heteroatoms. The summed E-state index contributed by atoms with van der Waals surface area (Å²) in [5.41, 5.74) is 5.27. The number of benzene rings is 1. The summed E-state index contributed by atoms with van der Waals surface area (Å²) in [6.45, 7) is 5.19. The van der Waals surface area contributed by atoms with E-state index in [0.717, 1.165) is 54.6 Å². The van der Waals surface area contributed by atoms with Gasteiger partial charge in [0.2, 0.25) is 5.91 Å². The topological polar surface area (TPSA) is 114 Å². The number of carbonyl (C=O) groups excluding carboxylic acids is 2. The van der Waals surface area contributed by atoms with Crippen molar-refractivity contribution in [2.75, 3.05) is 18.5 Å². The van der Waals surface area contributed by atoms with Crippen molar-refractivity contribution in [3.8, 4) is 11.1 Å². The number of rotatable bonds is 9. The highest BCUT2D eigenvalue weighted by Crippen LogP contribution is 2.51. The molecule has 1 unspecified atom stereocenters. The normalized spacial score (nSPS) is 20.2. The summed E-state index contributed by atoms with van der Waals surface area (Å²) in [5.74, 6) is 0.732. The van der Waals surface area contributed by atoms with E-state index < -0.39 is 6.04 Å². The average molecular weight is 503 g/mol. The summed E-state index contributed by atoms with van der Waals surface area (Å²) in [7, 11) is 0. The quantitative estimate of drug-likeness (QED) is 0.409. The monoisotopic (exact) mass is 502 g/mol. The van der Waals surface area contributed by atoms with Gasteiger partial charge in [-0.3, -0.25) is 19.4 Å². The molecular formula is C28H34N6O3. The fraction of sp³-hybridized carbons (Fsp3) is 0.500. The largest absolute Gasteiger partial charge is 0.379 e. The molecule has 3 heterocycles. The van der Waals surface area contributed by atoms with Gasteiger partial charge in [-0.1, -0.05) is 12.1 Å². The third-order valence-electron chi connectivity index (χ3n) is 8.01. The van der Waals surface area contributed by atoms with Crippen molar-refractivity contribution in [1.29, 1.82) is 0 Å². The minimum atomic E-state index is -0.589. The zero-order valence-electron chi connectivity index (χ0n) is 21.4. The van der Waals surface area contributed by atoms with Crippen LogP contribution in [0, 0.1) is 31.6 Å². The number of carbonyl (C=O) groups is 2. The Bertz CT molecular complexity index is 1250. The van der Waals surface area contributed by atoms with Gasteiger partial charge in [0.1, 0.15) is 11.7 Å². The van der Waals surface area contributed by atoms with Gasteiger partial charge in [0.05, 0.1) is 18.3 Å². The predicted octanol–water partition coefficient (Wildman–Crippen LogP) is 4.02. The molecule has 2 amide bonds. The lowest BCUT2D eigenvalue weighted by atomic mass is 9.88. The molecule has 0 bridgehead atoms. The summed E-state index contributed by atoms with van der Waals surface area (Å²) in [6.07, 6.45) is 6.96. The number of anilines is 1. The minimum absolute atomic E-state index is 0.0479. The van der Waals surface area contributed by atoms with Crippen molar-refractivity contribution in [3.05, 3.63) is 53.6 Å². The molecule has 194 valence electrons. The summed E-state index contributed by atoms with van der Waals surface area (Å²) in [5, 5.41) is 17.9. The predicted molar refractivity (Wildman–Crippen MR) is 139 cm³/mol. The summed E-state index contributed by atoms with van der Waals surface area (Å²) < 4.78 is 7.25. The molecule has 1 aromatic carbocycles. The molecule has 2 aromatic heterocycles. The van der Waals surface area contributed by atoms with Crippen molar-refractivity contribution >= 4 is 17.5 Å². The van der Waals surface area contributed by atoms with Gasteiger partial charge in [0.15, 0.2) is 0 Å². The maximum Gasteiger partial charge on any atom is 0.270 e. The molecular weight excluding hydrogens is 468 g/mol. The van der Waals surface area contributed by atoms with Gasteiger partial charge < -0.3 is 15.4 Å². The Hall–Kier alpha value is -3.46. The zero-order chi connectivity index (χ0) is 25.5. The SMILES string of the molecule is Cc1n[nH]c(C)c1-c1ccc(NC(=O)[C@@H](NC(=O)c2ccnn2C2CCOC2)C(C2CC2)C2CC2)cc1. The molecule has 0 spiro atoms. The fourth-order valence-electron chi connectivity index (χ4n) is 5.86. The molecule has 3 aromatic rings. The summed E-state index contributed by atoms with van der Waals surface area (Å²) >= 11 is 0. The first kappa shape index (κ1) is 23.9. The molecule has 9 nitrogen and oxygen atoms in total. The molecule has 2 atom stereocenters. The maximum absolute atomic E-state index is 13.7. The molecule has 1 aliphatic heterocycles. The van der Waals surface area contributed by atoms with Gasteiger partial charge in [-0.15, -0.1) is 0 Å². The average Bonchev–Trinajstić information content (AvgIpc) is 3.76. The molecule has 3 fully saturated rings. The lowest BCUT2D eigenvalue weighted by Crippen LogP contribution is -2.50. The fourth-order valence-corrected chi connectivity index (χ4v) is 5.86. The van der Waals surface area contributed by atoms with Crippen molar-refractivity contribution in [2.24, 2.45) is 17.8 Å². The first-order valence-electron chi connectivity index (χ1n) is 13.3. The Morgan fingerprint density at radius 1 is 1.05 bits per heavy atom. The first-order valence-corrected chi connectivity index (χ1v) is 13.3. The molecule has 6 rings (SSSR count). The third kappa shape index (κ3) is 4.92. The second-order valence-corrected chi connectivity index (χ2v) is 10.8. The highest BCUT2D eigenvalue weighted by atomic mass is 16.5. The van der Waals surface area contributed by atoms with Crippen LogP contribution in [0.5, 0.6) is 0 Å². The lowest BCUT2D eigenvalue weighted by Gasteiger charge is -2.28. The van der Waals surface area contributed by atoms with Crippen LogP contribution in [-0.4, -0.2) is 51.0 Å². The maximum atomic E-state index is 13.7. The van der Waals surface area contributed by atoms with Crippen LogP contribution in [0.4, 0.5) is 5.69 Å². The van der Waals surface area contributed by atoms with E-state index in [1.54, 1.807) is 16.9 Å². The standard InChI is InChI=1S/C28H34N6O3/c1-16-24(17(2)33-32-16)18-7-9-21(10-8-18)30-28(36)26(25(19-3-4-19)20-5-6-20)31-27(35)23-11-13-29-34(23)22-12-14-37-15-22/h7-11,13,19-20,22,25-26H,3-6,12,14-15H2,1-2H3,(H,30,36)(H,31,35)(H,32,33)/t22?,26-/m0/s1. The van der Waals surface area contributed by atoms with Crippen molar-refractivity contribution in [2.45, 2.75) is 58.0 Å². The molecule has 2 aliphatic carbocycles. The van der Waals surface area contributed by atoms with E-state index in [4.69, 9.17) is 4.74 Å². The number of aryl methyl sites for hydroxylation is 2. The Kier molecular flexibility index (Phi) is 6.32. The Labute approximate surface area is 216 Å². The van der Waals surface area contributed by atoms with Crippen LogP contribution in [0.2, 0.25) is 0 Å². The van der Waals surface area contributed by atoms with Gasteiger partial charge in [-0.25, -0.2) is 0 Å². The highest BCUT2D eigenvalue weighted by Gasteiger charge is 2.48. The number of nitrogens with one attached hydrogen (secondary N) is 3. The van der Waals surface area contributed by atoms with Crippen molar-refractivity contribution in [1.82, 2.24) is 25.3 Å². The first-order chi connectivity index (χ1) is 18.0. The third-order valence-corrected chi connectivity index (χ3v) is 8.01. The van der Waals surface area contributed by atoms with Crippen LogP contribution in [0.25, 0.3) is 11.1 Å². The second-order valence-electron chi connectivity index (χ2n) is 10.8. The van der Waals surface area contributed by atoms with Crippen molar-refractivity contribution in [3.63, 3.8) is 0 Å². The van der Waals surface area contributed by atoms with Gasteiger partial charge in [-0.05, 0) is 87.5 Å². The van der Waals surface area contributed by atoms with Crippen LogP contribution in [0.1, 0.15) is 60.0 Å². The van der Waals surface area contributed by atoms with Crippen LogP contribution in [0.3, 0.4) is 0 Å². The van der Waals surface area contributed by atoms with E-state index in [9.17, 15) is 9.59 Å². The minimum Gasteiger partial charge on any atom is -0.379 e. The molecule has 3 N–H and O–H groups in total. The number of H-pyrrole nitrogens is 1. The van der Waals surface area contributed by atoms with Gasteiger partial charge in [0.25, 0.3) is 5.91 Å². The van der Waals surface area contributed by atoms with E-state index in [-0.39, 0.29) is 23.8 Å². The molecule has 1 saturated heterocycles. The Morgan fingerprint density at radius 2 is 1.78 bits per heavy atom. The number of amides is 2. The van der Waals surface area contributed by atoms with E-state index in [1.807, 2.05) is 38.1 Å². The smallest absolute Gasteiger partial charge is 0.270 e. The van der Waals surface area contributed by atoms with E-state index in [2.05, 4.69) is 25.9 Å². The molecule has 37 heavy (non-hydrogen) atoms. The Morgan fingerprint density at radius 3 is 2.38 bits per heavy atom. The van der Waals surface area contributed by atoms with Crippen LogP contribution in [-0.2, 0) is 9.53 Å². The summed E-state index contributed by atoms with van der Waals surface area (Å²) in [4.78, 5) is 27.2. The van der Waals surface area contributed by atoms with Gasteiger partial charge >= 0.3 is 0 Å². The molecule has 0 radical (unpaired) electrons. The van der Waals surface area contributed by atoms with E-state index >= 15 is 0 Å². The molecule has 3 aliphatic rings. The number of nitrogens with zero attached hydrogens (tertiary/aromatic N) is 3. The number of hydrogen-bond acceptors (Lipinski definition) is 5. The zero-order valence-corrected chi connectivity index (χ0v) is 21.4. The summed E-state index contributed by atoms with van der Waals surface area (Å²) in [6, 6.07) is 9.00. The number of aromatic nitrogens is 4. The number of ether oxygens (including phenoxy) is 1. The van der Waals surface area contributed by atoms with Gasteiger partial charge in [0, 0.05) is 29.7 Å². The van der Waals surface area contributed by atoms with Crippen molar-refractivity contribution < 1.29 is 14.3 Å². The van der Waals surface area contributed by atoms with Gasteiger partial charge in [-0.2, -0.15) is 10.2 Å². The lowest BCUT2D eigenvalue weighted by molar-refractivity contribution is -0.119. The molecule has 2 saturated carbocycles.